The Bertz CT molecular complexity index is 668. The number of pyridine rings is 1. The van der Waals surface area contributed by atoms with Gasteiger partial charge in [0.25, 0.3) is 0 Å². The van der Waals surface area contributed by atoms with Crippen LogP contribution in [0.25, 0.3) is 0 Å². The maximum atomic E-state index is 12.6. The topological polar surface area (TPSA) is 90.8 Å². The number of nitrogens with zero attached hydrogens (tertiary/aromatic N) is 3. The van der Waals surface area contributed by atoms with E-state index in [1.807, 2.05) is 4.90 Å². The molecule has 2 saturated heterocycles. The van der Waals surface area contributed by atoms with Crippen LogP contribution in [0.5, 0.6) is 0 Å². The molecular weight excluding hydrogens is 318 g/mol. The highest BCUT2D eigenvalue weighted by molar-refractivity contribution is 7.89. The Morgan fingerprint density at radius 2 is 1.91 bits per heavy atom. The minimum Gasteiger partial charge on any atom is -0.481 e. The van der Waals surface area contributed by atoms with E-state index in [4.69, 9.17) is 5.11 Å². The van der Waals surface area contributed by atoms with Crippen molar-refractivity contribution in [2.45, 2.75) is 30.6 Å². The highest BCUT2D eigenvalue weighted by Gasteiger charge is 2.30. The molecule has 0 saturated carbocycles. The number of carboxylic acid groups (broad SMARTS) is 1. The van der Waals surface area contributed by atoms with Crippen LogP contribution in [0.1, 0.15) is 25.7 Å². The number of aromatic nitrogens is 1. The van der Waals surface area contributed by atoms with Gasteiger partial charge in [-0.2, -0.15) is 4.31 Å². The van der Waals surface area contributed by atoms with E-state index in [0.29, 0.717) is 38.4 Å². The summed E-state index contributed by atoms with van der Waals surface area (Å²) in [6.07, 6.45) is 4.84. The molecule has 1 aromatic rings. The van der Waals surface area contributed by atoms with E-state index in [2.05, 4.69) is 4.98 Å². The summed E-state index contributed by atoms with van der Waals surface area (Å²) in [6, 6.07) is 3.24. The molecule has 1 aromatic heterocycles. The van der Waals surface area contributed by atoms with Crippen molar-refractivity contribution in [3.05, 3.63) is 18.3 Å². The Kier molecular flexibility index (Phi) is 4.54. The van der Waals surface area contributed by atoms with Crippen LogP contribution >= 0.6 is 0 Å². The third-order valence-corrected chi connectivity index (χ3v) is 6.42. The fourth-order valence-corrected chi connectivity index (χ4v) is 4.60. The highest BCUT2D eigenvalue weighted by atomic mass is 32.2. The summed E-state index contributed by atoms with van der Waals surface area (Å²) in [5.74, 6) is -0.545. The molecular formula is C15H21N3O4S. The van der Waals surface area contributed by atoms with Gasteiger partial charge in [-0.25, -0.2) is 13.4 Å². The van der Waals surface area contributed by atoms with Gasteiger partial charge in [-0.3, -0.25) is 4.79 Å². The predicted molar refractivity (Wildman–Crippen MR) is 84.8 cm³/mol. The first-order chi connectivity index (χ1) is 11.0. The summed E-state index contributed by atoms with van der Waals surface area (Å²) in [7, 11) is -3.47. The second-order valence-electron chi connectivity index (χ2n) is 6.09. The number of hydrogen-bond donors (Lipinski definition) is 1. The number of carbonyl (C=O) groups is 1. The van der Waals surface area contributed by atoms with E-state index in [-0.39, 0.29) is 10.8 Å². The molecule has 2 aliphatic heterocycles. The normalized spacial score (nSPS) is 23.1. The molecule has 23 heavy (non-hydrogen) atoms. The molecule has 7 nitrogen and oxygen atoms in total. The third kappa shape index (κ3) is 3.32. The van der Waals surface area contributed by atoms with Gasteiger partial charge < -0.3 is 10.0 Å². The Labute approximate surface area is 136 Å². The van der Waals surface area contributed by atoms with Crippen molar-refractivity contribution in [3.63, 3.8) is 0 Å². The van der Waals surface area contributed by atoms with Crippen molar-refractivity contribution in [2.75, 3.05) is 31.1 Å². The summed E-state index contributed by atoms with van der Waals surface area (Å²) < 4.78 is 26.6. The lowest BCUT2D eigenvalue weighted by molar-refractivity contribution is -0.140. The maximum absolute atomic E-state index is 12.6. The van der Waals surface area contributed by atoms with Crippen molar-refractivity contribution in [1.29, 1.82) is 0 Å². The van der Waals surface area contributed by atoms with Crippen molar-refractivity contribution < 1.29 is 18.3 Å². The number of hydrogen-bond acceptors (Lipinski definition) is 5. The molecule has 0 aliphatic carbocycles. The molecule has 2 aliphatic rings. The molecule has 2 fully saturated rings. The average molecular weight is 339 g/mol. The molecule has 0 bridgehead atoms. The van der Waals surface area contributed by atoms with Crippen LogP contribution in [0.15, 0.2) is 23.2 Å². The van der Waals surface area contributed by atoms with Gasteiger partial charge in [-0.05, 0) is 31.4 Å². The fraction of sp³-hybridized carbons (Fsp3) is 0.600. The zero-order valence-corrected chi connectivity index (χ0v) is 13.7. The SMILES string of the molecule is O=C(O)C1CCN(c2ccc(S(=O)(=O)N3CCCCC3)cn2)C1. The molecule has 8 heteroatoms. The molecule has 3 rings (SSSR count). The second-order valence-corrected chi connectivity index (χ2v) is 8.02. The minimum atomic E-state index is -3.47. The first-order valence-electron chi connectivity index (χ1n) is 7.92. The quantitative estimate of drug-likeness (QED) is 0.885. The molecule has 3 heterocycles. The third-order valence-electron chi connectivity index (χ3n) is 4.54. The zero-order chi connectivity index (χ0) is 16.4. The molecule has 1 unspecified atom stereocenters. The summed E-state index contributed by atoms with van der Waals surface area (Å²) in [6.45, 7) is 2.18. The van der Waals surface area contributed by atoms with Crippen LogP contribution < -0.4 is 4.90 Å². The van der Waals surface area contributed by atoms with Crippen LogP contribution in [0.4, 0.5) is 5.82 Å². The first kappa shape index (κ1) is 16.2. The molecule has 126 valence electrons. The highest BCUT2D eigenvalue weighted by Crippen LogP contribution is 2.25. The number of rotatable bonds is 4. The summed E-state index contributed by atoms with van der Waals surface area (Å²) in [5.41, 5.74) is 0. The number of aliphatic carboxylic acids is 1. The Hall–Kier alpha value is -1.67. The van der Waals surface area contributed by atoms with Crippen LogP contribution in [0.3, 0.4) is 0 Å². The van der Waals surface area contributed by atoms with Gasteiger partial charge in [-0.1, -0.05) is 6.42 Å². The van der Waals surface area contributed by atoms with Gasteiger partial charge in [0.2, 0.25) is 10.0 Å². The number of piperidine rings is 1. The molecule has 0 radical (unpaired) electrons. The number of anilines is 1. The molecule has 1 atom stereocenters. The lowest BCUT2D eigenvalue weighted by Gasteiger charge is -2.26. The molecule has 0 amide bonds. The second kappa shape index (κ2) is 6.45. The average Bonchev–Trinajstić information content (AvgIpc) is 3.06. The maximum Gasteiger partial charge on any atom is 0.308 e. The van der Waals surface area contributed by atoms with Crippen LogP contribution in [0, 0.1) is 5.92 Å². The lowest BCUT2D eigenvalue weighted by atomic mass is 10.1. The summed E-state index contributed by atoms with van der Waals surface area (Å²) >= 11 is 0. The molecule has 0 spiro atoms. The van der Waals surface area contributed by atoms with Gasteiger partial charge in [0.15, 0.2) is 0 Å². The largest absolute Gasteiger partial charge is 0.481 e. The Balaban J connectivity index is 1.73. The monoisotopic (exact) mass is 339 g/mol. The molecule has 0 aromatic carbocycles. The smallest absolute Gasteiger partial charge is 0.308 e. The van der Waals surface area contributed by atoms with E-state index in [9.17, 15) is 13.2 Å². The summed E-state index contributed by atoms with van der Waals surface area (Å²) in [5, 5.41) is 9.04. The van der Waals surface area contributed by atoms with Gasteiger partial charge in [0, 0.05) is 32.4 Å². The van der Waals surface area contributed by atoms with Crippen LogP contribution in [0.2, 0.25) is 0 Å². The van der Waals surface area contributed by atoms with Gasteiger partial charge >= 0.3 is 5.97 Å². The van der Waals surface area contributed by atoms with Crippen molar-refractivity contribution >= 4 is 21.8 Å². The van der Waals surface area contributed by atoms with E-state index in [1.54, 1.807) is 12.1 Å². The van der Waals surface area contributed by atoms with Gasteiger partial charge in [0.1, 0.15) is 10.7 Å². The van der Waals surface area contributed by atoms with Crippen molar-refractivity contribution in [2.24, 2.45) is 5.92 Å². The fourth-order valence-electron chi connectivity index (χ4n) is 3.14. The summed E-state index contributed by atoms with van der Waals surface area (Å²) in [4.78, 5) is 17.3. The van der Waals surface area contributed by atoms with E-state index < -0.39 is 16.0 Å². The standard InChI is InChI=1S/C15H21N3O4S/c19-15(20)12-6-9-17(11-12)14-5-4-13(10-16-14)23(21,22)18-7-2-1-3-8-18/h4-5,10,12H,1-3,6-9,11H2,(H,19,20). The number of carboxylic acids is 1. The van der Waals surface area contributed by atoms with Crippen molar-refractivity contribution in [3.8, 4) is 0 Å². The molecule has 1 N–H and O–H groups in total. The van der Waals surface area contributed by atoms with Crippen molar-refractivity contribution in [1.82, 2.24) is 9.29 Å². The predicted octanol–water partition coefficient (Wildman–Crippen LogP) is 1.17. The van der Waals surface area contributed by atoms with Gasteiger partial charge in [-0.15, -0.1) is 0 Å². The number of sulfonamides is 1. The van der Waals surface area contributed by atoms with Crippen LogP contribution in [-0.2, 0) is 14.8 Å². The minimum absolute atomic E-state index is 0.206. The zero-order valence-electron chi connectivity index (χ0n) is 12.9. The lowest BCUT2D eigenvalue weighted by Crippen LogP contribution is -2.35. The van der Waals surface area contributed by atoms with E-state index >= 15 is 0 Å². The Morgan fingerprint density at radius 1 is 1.17 bits per heavy atom. The van der Waals surface area contributed by atoms with Gasteiger partial charge in [0.05, 0.1) is 5.92 Å². The van der Waals surface area contributed by atoms with E-state index in [1.165, 1.54) is 10.5 Å². The first-order valence-corrected chi connectivity index (χ1v) is 9.36. The van der Waals surface area contributed by atoms with Crippen LogP contribution in [-0.4, -0.2) is 55.0 Å². The van der Waals surface area contributed by atoms with E-state index in [0.717, 1.165) is 19.3 Å². The Morgan fingerprint density at radius 3 is 2.48 bits per heavy atom.